The van der Waals surface area contributed by atoms with Crippen LogP contribution >= 0.6 is 11.6 Å². The first-order chi connectivity index (χ1) is 7.60. The van der Waals surface area contributed by atoms with Crippen molar-refractivity contribution in [2.45, 2.75) is 12.8 Å². The van der Waals surface area contributed by atoms with Crippen LogP contribution in [0.3, 0.4) is 0 Å². The zero-order valence-corrected chi connectivity index (χ0v) is 9.43. The minimum atomic E-state index is -2.68. The number of alkyl halides is 3. The van der Waals surface area contributed by atoms with Gasteiger partial charge in [-0.25, -0.2) is 8.78 Å². The summed E-state index contributed by atoms with van der Waals surface area (Å²) >= 11 is 5.41. The van der Waals surface area contributed by atoms with E-state index >= 15 is 0 Å². The van der Waals surface area contributed by atoms with Crippen LogP contribution in [-0.4, -0.2) is 18.8 Å². The summed E-state index contributed by atoms with van der Waals surface area (Å²) in [5.74, 6) is 0.0881. The molecule has 0 atom stereocenters. The van der Waals surface area contributed by atoms with E-state index in [4.69, 9.17) is 16.3 Å². The van der Waals surface area contributed by atoms with Crippen LogP contribution in [0.25, 0.3) is 0 Å². The molecule has 16 heavy (non-hydrogen) atoms. The Labute approximate surface area is 97.2 Å². The predicted molar refractivity (Wildman–Crippen MR) is 57.6 cm³/mol. The van der Waals surface area contributed by atoms with E-state index in [-0.39, 0.29) is 23.4 Å². The van der Waals surface area contributed by atoms with Crippen molar-refractivity contribution in [3.63, 3.8) is 0 Å². The number of hydrogen-bond acceptors (Lipinski definition) is 2. The molecule has 0 spiro atoms. The first-order valence-corrected chi connectivity index (χ1v) is 5.18. The van der Waals surface area contributed by atoms with Crippen molar-refractivity contribution in [1.82, 2.24) is 0 Å². The zero-order valence-electron chi connectivity index (χ0n) is 8.67. The summed E-state index contributed by atoms with van der Waals surface area (Å²) in [6.45, 7) is 0. The molecule has 2 nitrogen and oxygen atoms in total. The topological polar surface area (TPSA) is 26.3 Å². The largest absolute Gasteiger partial charge is 0.497 e. The third-order valence-corrected chi connectivity index (χ3v) is 2.31. The number of hydrogen-bond donors (Lipinski definition) is 0. The summed E-state index contributed by atoms with van der Waals surface area (Å²) in [6.07, 6.45) is -2.64. The number of carbonyl (C=O) groups excluding carboxylic acids is 1. The average Bonchev–Trinajstić information content (AvgIpc) is 2.28. The van der Waals surface area contributed by atoms with Crippen molar-refractivity contribution in [1.29, 1.82) is 0 Å². The van der Waals surface area contributed by atoms with Gasteiger partial charge < -0.3 is 4.74 Å². The van der Waals surface area contributed by atoms with Crippen molar-refractivity contribution in [3.8, 4) is 5.75 Å². The van der Waals surface area contributed by atoms with E-state index in [1.165, 1.54) is 25.3 Å². The molecular formula is C11H11ClF2O2. The van der Waals surface area contributed by atoms with Crippen molar-refractivity contribution in [2.24, 2.45) is 0 Å². The number of benzene rings is 1. The highest BCUT2D eigenvalue weighted by molar-refractivity contribution is 6.19. The highest BCUT2D eigenvalue weighted by atomic mass is 35.5. The van der Waals surface area contributed by atoms with Crippen LogP contribution in [0.15, 0.2) is 18.2 Å². The van der Waals surface area contributed by atoms with Crippen LogP contribution in [0.5, 0.6) is 5.75 Å². The molecule has 0 saturated carbocycles. The Bertz CT molecular complexity index is 380. The third-order valence-electron chi connectivity index (χ3n) is 2.12. The molecule has 1 aromatic carbocycles. The van der Waals surface area contributed by atoms with Gasteiger partial charge in [-0.3, -0.25) is 4.79 Å². The number of rotatable bonds is 5. The second-order valence-corrected chi connectivity index (χ2v) is 3.49. The van der Waals surface area contributed by atoms with E-state index in [1.807, 2.05) is 0 Å². The lowest BCUT2D eigenvalue weighted by Crippen LogP contribution is -2.05. The zero-order chi connectivity index (χ0) is 12.1. The van der Waals surface area contributed by atoms with Crippen LogP contribution in [0.1, 0.15) is 28.8 Å². The van der Waals surface area contributed by atoms with Crippen LogP contribution in [0, 0.1) is 0 Å². The summed E-state index contributed by atoms with van der Waals surface area (Å²) in [5, 5.41) is 0. The van der Waals surface area contributed by atoms with Crippen LogP contribution < -0.4 is 4.74 Å². The summed E-state index contributed by atoms with van der Waals surface area (Å²) in [4.78, 5) is 11.6. The average molecular weight is 249 g/mol. The van der Waals surface area contributed by atoms with E-state index in [0.717, 1.165) is 0 Å². The van der Waals surface area contributed by atoms with E-state index in [9.17, 15) is 13.6 Å². The van der Waals surface area contributed by atoms with E-state index in [1.54, 1.807) is 0 Å². The molecule has 0 aliphatic rings. The molecule has 0 aromatic heterocycles. The van der Waals surface area contributed by atoms with Gasteiger partial charge in [0, 0.05) is 23.4 Å². The quantitative estimate of drug-likeness (QED) is 0.589. The number of ether oxygens (including phenoxy) is 1. The standard InChI is InChI=1S/C11H11ClF2O2/c1-16-7-2-3-8(11(13)14)9(6-7)10(15)4-5-12/h2-3,6,11H,4-5H2,1H3. The fourth-order valence-corrected chi connectivity index (χ4v) is 1.49. The summed E-state index contributed by atoms with van der Waals surface area (Å²) in [7, 11) is 1.41. The monoisotopic (exact) mass is 248 g/mol. The fraction of sp³-hybridized carbons (Fsp3) is 0.364. The van der Waals surface area contributed by atoms with Gasteiger partial charge in [-0.15, -0.1) is 11.6 Å². The third kappa shape index (κ3) is 2.92. The Morgan fingerprint density at radius 3 is 2.69 bits per heavy atom. The number of ketones is 1. The summed E-state index contributed by atoms with van der Waals surface area (Å²) < 4.78 is 30.2. The highest BCUT2D eigenvalue weighted by Gasteiger charge is 2.18. The number of methoxy groups -OCH3 is 1. The van der Waals surface area contributed by atoms with Crippen molar-refractivity contribution in [3.05, 3.63) is 29.3 Å². The van der Waals surface area contributed by atoms with E-state index in [0.29, 0.717) is 5.75 Å². The normalized spacial score (nSPS) is 10.6. The molecular weight excluding hydrogens is 238 g/mol. The minimum Gasteiger partial charge on any atom is -0.497 e. The lowest BCUT2D eigenvalue weighted by Gasteiger charge is -2.09. The minimum absolute atomic E-state index is 0.0185. The van der Waals surface area contributed by atoms with Gasteiger partial charge in [0.2, 0.25) is 0 Å². The maximum absolute atomic E-state index is 12.6. The van der Waals surface area contributed by atoms with Gasteiger partial charge in [-0.1, -0.05) is 0 Å². The molecule has 0 saturated heterocycles. The molecule has 0 amide bonds. The molecule has 0 aliphatic carbocycles. The van der Waals surface area contributed by atoms with Gasteiger partial charge in [-0.2, -0.15) is 0 Å². The first-order valence-electron chi connectivity index (χ1n) is 4.65. The molecule has 0 bridgehead atoms. The number of halogens is 3. The van der Waals surface area contributed by atoms with Crippen LogP contribution in [0.4, 0.5) is 8.78 Å². The maximum Gasteiger partial charge on any atom is 0.264 e. The molecule has 5 heteroatoms. The SMILES string of the molecule is COc1ccc(C(F)F)c(C(=O)CCCl)c1. The van der Waals surface area contributed by atoms with Crippen molar-refractivity contribution < 1.29 is 18.3 Å². The molecule has 1 aromatic rings. The van der Waals surface area contributed by atoms with Gasteiger partial charge in [0.1, 0.15) is 5.75 Å². The van der Waals surface area contributed by atoms with Crippen molar-refractivity contribution >= 4 is 17.4 Å². The second kappa shape index (κ2) is 5.80. The Morgan fingerprint density at radius 2 is 2.19 bits per heavy atom. The molecule has 88 valence electrons. The van der Waals surface area contributed by atoms with Gasteiger partial charge in [-0.05, 0) is 18.2 Å². The molecule has 0 fully saturated rings. The summed E-state index contributed by atoms with van der Waals surface area (Å²) in [6, 6.07) is 3.92. The molecule has 0 aliphatic heterocycles. The summed E-state index contributed by atoms with van der Waals surface area (Å²) in [5.41, 5.74) is -0.300. The molecule has 0 heterocycles. The lowest BCUT2D eigenvalue weighted by molar-refractivity contribution is 0.0975. The molecule has 0 radical (unpaired) electrons. The van der Waals surface area contributed by atoms with Crippen molar-refractivity contribution in [2.75, 3.05) is 13.0 Å². The Hall–Kier alpha value is -1.16. The second-order valence-electron chi connectivity index (χ2n) is 3.12. The van der Waals surface area contributed by atoms with Crippen LogP contribution in [-0.2, 0) is 0 Å². The lowest BCUT2D eigenvalue weighted by atomic mass is 10.0. The first kappa shape index (κ1) is 12.9. The predicted octanol–water partition coefficient (Wildman–Crippen LogP) is 3.44. The molecule has 0 N–H and O–H groups in total. The number of carbonyl (C=O) groups is 1. The van der Waals surface area contributed by atoms with Gasteiger partial charge in [0.05, 0.1) is 7.11 Å². The maximum atomic E-state index is 12.6. The van der Waals surface area contributed by atoms with Crippen LogP contribution in [0.2, 0.25) is 0 Å². The Morgan fingerprint density at radius 1 is 1.50 bits per heavy atom. The van der Waals surface area contributed by atoms with E-state index in [2.05, 4.69) is 0 Å². The van der Waals surface area contributed by atoms with Gasteiger partial charge in [0.15, 0.2) is 5.78 Å². The van der Waals surface area contributed by atoms with Gasteiger partial charge >= 0.3 is 0 Å². The molecule has 0 unspecified atom stereocenters. The van der Waals surface area contributed by atoms with Gasteiger partial charge in [0.25, 0.3) is 6.43 Å². The van der Waals surface area contributed by atoms with E-state index < -0.39 is 12.2 Å². The molecule has 1 rings (SSSR count). The Kier molecular flexibility index (Phi) is 4.68. The smallest absolute Gasteiger partial charge is 0.264 e. The highest BCUT2D eigenvalue weighted by Crippen LogP contribution is 2.27. The number of Topliss-reactive ketones (excluding diaryl/α,β-unsaturated/α-hetero) is 1. The Balaban J connectivity index is 3.14. The fourth-order valence-electron chi connectivity index (χ4n) is 1.31.